The van der Waals surface area contributed by atoms with E-state index in [1.165, 1.54) is 18.5 Å². The van der Waals surface area contributed by atoms with Crippen molar-refractivity contribution in [2.45, 2.75) is 44.8 Å². The predicted molar refractivity (Wildman–Crippen MR) is 154 cm³/mol. The molecule has 9 nitrogen and oxygen atoms in total. The van der Waals surface area contributed by atoms with Crippen LogP contribution in [0.15, 0.2) is 67.5 Å². The molecule has 1 saturated heterocycles. The fourth-order valence-corrected chi connectivity index (χ4v) is 5.77. The van der Waals surface area contributed by atoms with Gasteiger partial charge in [0.25, 0.3) is 0 Å². The largest absolute Gasteiger partial charge is 0.382 e. The number of nitrogens with one attached hydrogen (secondary N) is 1. The van der Waals surface area contributed by atoms with Crippen molar-refractivity contribution in [2.24, 2.45) is 0 Å². The smallest absolute Gasteiger partial charge is 0.165 e. The second-order valence-corrected chi connectivity index (χ2v) is 10.8. The molecular weight excluding hydrogens is 524 g/mol. The third-order valence-electron chi connectivity index (χ3n) is 7.50. The minimum atomic E-state index is -0.918. The average molecular weight is 556 g/mol. The normalized spacial score (nSPS) is 17.4. The molecule has 0 radical (unpaired) electrons. The number of imidazole rings is 1. The van der Waals surface area contributed by atoms with Crippen LogP contribution < -0.4 is 16.0 Å². The summed E-state index contributed by atoms with van der Waals surface area (Å²) in [6.45, 7) is 6.20. The van der Waals surface area contributed by atoms with Crippen molar-refractivity contribution in [2.75, 3.05) is 23.7 Å². The second-order valence-electron chi connectivity index (χ2n) is 10.8. The summed E-state index contributed by atoms with van der Waals surface area (Å²) in [4.78, 5) is 24.7. The molecule has 41 heavy (non-hydrogen) atoms. The first-order valence-corrected chi connectivity index (χ1v) is 13.6. The molecule has 5 heterocycles. The predicted octanol–water partition coefficient (Wildman–Crippen LogP) is 4.69. The van der Waals surface area contributed by atoms with Gasteiger partial charge in [0.1, 0.15) is 11.8 Å². The zero-order valence-electron chi connectivity index (χ0n) is 22.9. The lowest BCUT2D eigenvalue weighted by Crippen LogP contribution is -2.57. The van der Waals surface area contributed by atoms with Gasteiger partial charge in [-0.2, -0.15) is 0 Å². The van der Waals surface area contributed by atoms with Crippen LogP contribution in [0.2, 0.25) is 0 Å². The van der Waals surface area contributed by atoms with Gasteiger partial charge in [-0.05, 0) is 68.7 Å². The average Bonchev–Trinajstić information content (AvgIpc) is 3.38. The quantitative estimate of drug-likeness (QED) is 0.298. The first kappa shape index (κ1) is 26.7. The summed E-state index contributed by atoms with van der Waals surface area (Å²) in [7, 11) is 0. The Kier molecular flexibility index (Phi) is 7.04. The van der Waals surface area contributed by atoms with Crippen LogP contribution in [0.5, 0.6) is 0 Å². The maximum absolute atomic E-state index is 14.1. The van der Waals surface area contributed by atoms with E-state index in [-0.39, 0.29) is 11.6 Å². The molecule has 1 unspecified atom stereocenters. The molecule has 0 aliphatic carbocycles. The number of hydrogen-bond donors (Lipinski definition) is 2. The Bertz CT molecular complexity index is 1690. The zero-order valence-corrected chi connectivity index (χ0v) is 22.9. The van der Waals surface area contributed by atoms with E-state index in [0.717, 1.165) is 42.4 Å². The zero-order chi connectivity index (χ0) is 28.6. The fraction of sp³-hybridized carbons (Fsp3) is 0.300. The van der Waals surface area contributed by atoms with Gasteiger partial charge in [0, 0.05) is 30.9 Å². The van der Waals surface area contributed by atoms with Crippen molar-refractivity contribution in [3.63, 3.8) is 0 Å². The number of anilines is 2. The summed E-state index contributed by atoms with van der Waals surface area (Å²) in [6.07, 6.45) is 8.64. The Morgan fingerprint density at radius 3 is 2.68 bits per heavy atom. The highest BCUT2D eigenvalue weighted by atomic mass is 19.2. The van der Waals surface area contributed by atoms with E-state index in [2.05, 4.69) is 45.1 Å². The van der Waals surface area contributed by atoms with Gasteiger partial charge in [0.15, 0.2) is 23.1 Å². The summed E-state index contributed by atoms with van der Waals surface area (Å²) >= 11 is 0. The molecule has 1 aromatic carbocycles. The van der Waals surface area contributed by atoms with Crippen LogP contribution in [0.1, 0.15) is 37.9 Å². The molecule has 0 saturated carbocycles. The number of nitrogens with zero attached hydrogens (tertiary/aromatic N) is 7. The van der Waals surface area contributed by atoms with Crippen LogP contribution in [-0.2, 0) is 12.1 Å². The molecule has 3 N–H and O–H groups in total. The molecule has 5 aromatic rings. The highest BCUT2D eigenvalue weighted by molar-refractivity contribution is 5.81. The van der Waals surface area contributed by atoms with Crippen LogP contribution in [0.4, 0.5) is 20.3 Å². The molecule has 6 rings (SSSR count). The van der Waals surface area contributed by atoms with E-state index in [9.17, 15) is 8.78 Å². The molecule has 1 aliphatic rings. The lowest BCUT2D eigenvalue weighted by Gasteiger charge is -2.45. The summed E-state index contributed by atoms with van der Waals surface area (Å²) in [6, 6.07) is 12.0. The number of nitrogens with two attached hydrogens (primary N) is 1. The van der Waals surface area contributed by atoms with E-state index >= 15 is 0 Å². The second kappa shape index (κ2) is 10.8. The van der Waals surface area contributed by atoms with Crippen LogP contribution in [0.3, 0.4) is 0 Å². The van der Waals surface area contributed by atoms with Crippen molar-refractivity contribution in [1.29, 1.82) is 0 Å². The first-order chi connectivity index (χ1) is 19.8. The third-order valence-corrected chi connectivity index (χ3v) is 7.50. The topological polar surface area (TPSA) is 111 Å². The SMILES string of the molecule is CC(C)NC1(c2ccccn2)CCCN(c2cnc(-c3ccc(F)c(F)c3)cc2Cn2cnc3c(N)ncnc32)C1. The van der Waals surface area contributed by atoms with Crippen LogP contribution in [0.25, 0.3) is 22.4 Å². The van der Waals surface area contributed by atoms with Crippen LogP contribution >= 0.6 is 0 Å². The fourth-order valence-electron chi connectivity index (χ4n) is 5.77. The number of rotatable bonds is 7. The molecule has 11 heteroatoms. The Morgan fingerprint density at radius 2 is 1.90 bits per heavy atom. The number of hydrogen-bond acceptors (Lipinski definition) is 8. The third kappa shape index (κ3) is 5.20. The van der Waals surface area contributed by atoms with Crippen molar-refractivity contribution < 1.29 is 8.78 Å². The maximum Gasteiger partial charge on any atom is 0.165 e. The molecule has 4 aromatic heterocycles. The van der Waals surface area contributed by atoms with Crippen molar-refractivity contribution >= 4 is 22.7 Å². The highest BCUT2D eigenvalue weighted by Gasteiger charge is 2.39. The van der Waals surface area contributed by atoms with Gasteiger partial charge in [-0.3, -0.25) is 9.97 Å². The van der Waals surface area contributed by atoms with Crippen molar-refractivity contribution in [1.82, 2.24) is 34.8 Å². The summed E-state index contributed by atoms with van der Waals surface area (Å²) in [5, 5.41) is 3.81. The van der Waals surface area contributed by atoms with E-state index in [1.807, 2.05) is 35.2 Å². The number of pyridine rings is 2. The van der Waals surface area contributed by atoms with Gasteiger partial charge in [-0.15, -0.1) is 0 Å². The Morgan fingerprint density at radius 1 is 1.02 bits per heavy atom. The van der Waals surface area contributed by atoms with Gasteiger partial charge in [-0.25, -0.2) is 23.7 Å². The Hall–Kier alpha value is -4.51. The molecule has 0 amide bonds. The lowest BCUT2D eigenvalue weighted by atomic mass is 9.84. The highest BCUT2D eigenvalue weighted by Crippen LogP contribution is 2.36. The van der Waals surface area contributed by atoms with Crippen molar-refractivity contribution in [3.05, 3.63) is 90.4 Å². The summed E-state index contributed by atoms with van der Waals surface area (Å²) < 4.78 is 29.7. The van der Waals surface area contributed by atoms with Gasteiger partial charge in [0.05, 0.1) is 41.7 Å². The monoisotopic (exact) mass is 555 g/mol. The molecule has 1 atom stereocenters. The summed E-state index contributed by atoms with van der Waals surface area (Å²) in [5.74, 6) is -1.51. The van der Waals surface area contributed by atoms with Gasteiger partial charge >= 0.3 is 0 Å². The molecule has 0 spiro atoms. The van der Waals surface area contributed by atoms with E-state index in [0.29, 0.717) is 41.3 Å². The number of halogens is 2. The maximum atomic E-state index is 14.1. The Labute approximate surface area is 236 Å². The number of piperidine rings is 1. The number of aromatic nitrogens is 6. The standard InChI is InChI=1S/C30H31F2N9/c1-19(2)39-30(26-6-3-4-10-34-26)9-5-11-40(16-30)25-14-35-24(20-7-8-22(31)23(32)12-20)13-21(25)15-41-18-38-27-28(33)36-17-37-29(27)41/h3-4,6-8,10,12-14,17-19,39H,5,9,11,15-16H2,1-2H3,(H2,33,36,37). The molecule has 1 fully saturated rings. The van der Waals surface area contributed by atoms with Crippen molar-refractivity contribution in [3.8, 4) is 11.3 Å². The van der Waals surface area contributed by atoms with E-state index < -0.39 is 11.6 Å². The molecule has 210 valence electrons. The van der Waals surface area contributed by atoms with E-state index in [1.54, 1.807) is 6.33 Å². The van der Waals surface area contributed by atoms with Crippen LogP contribution in [0, 0.1) is 11.6 Å². The minimum Gasteiger partial charge on any atom is -0.382 e. The van der Waals surface area contributed by atoms with Crippen LogP contribution in [-0.4, -0.2) is 48.6 Å². The van der Waals surface area contributed by atoms with E-state index in [4.69, 9.17) is 15.7 Å². The van der Waals surface area contributed by atoms with Gasteiger partial charge in [0.2, 0.25) is 0 Å². The number of fused-ring (bicyclic) bond motifs is 1. The first-order valence-electron chi connectivity index (χ1n) is 13.6. The number of benzene rings is 1. The lowest BCUT2D eigenvalue weighted by molar-refractivity contribution is 0.248. The Balaban J connectivity index is 1.44. The molecule has 1 aliphatic heterocycles. The van der Waals surface area contributed by atoms with Gasteiger partial charge in [-0.1, -0.05) is 6.07 Å². The molecular formula is C30H31F2N9. The summed E-state index contributed by atoms with van der Waals surface area (Å²) in [5.41, 5.74) is 10.7. The molecule has 0 bridgehead atoms. The number of nitrogen functional groups attached to an aromatic ring is 1. The minimum absolute atomic E-state index is 0.243. The van der Waals surface area contributed by atoms with Gasteiger partial charge < -0.3 is 20.5 Å².